The smallest absolute Gasteiger partial charge is 0.411 e. The first-order valence-corrected chi connectivity index (χ1v) is 13.4. The molecule has 2 aliphatic carbocycles. The monoisotopic (exact) mass is 509 g/mol. The van der Waals surface area contributed by atoms with Crippen LogP contribution >= 0.6 is 0 Å². The van der Waals surface area contributed by atoms with E-state index in [1.54, 1.807) is 6.20 Å². The van der Waals surface area contributed by atoms with Gasteiger partial charge in [-0.2, -0.15) is 10.4 Å². The van der Waals surface area contributed by atoms with Gasteiger partial charge < -0.3 is 14.0 Å². The van der Waals surface area contributed by atoms with Crippen LogP contribution in [0, 0.1) is 17.2 Å². The number of fused-ring (bicyclic) bond motifs is 1. The number of nitrogens with zero attached hydrogens (tertiary/aromatic N) is 4. The second-order valence-electron chi connectivity index (χ2n) is 10.2. The molecule has 0 saturated heterocycles. The fourth-order valence-corrected chi connectivity index (χ4v) is 5.18. The maximum atomic E-state index is 12.3. The third kappa shape index (κ3) is 4.84. The number of rotatable bonds is 9. The van der Waals surface area contributed by atoms with Crippen LogP contribution in [-0.2, 0) is 11.3 Å². The number of anilines is 1. The Morgan fingerprint density at radius 1 is 1.18 bits per heavy atom. The minimum Gasteiger partial charge on any atom is -0.492 e. The largest absolute Gasteiger partial charge is 0.492 e. The molecule has 2 heterocycles. The number of hydrogen-bond donors (Lipinski definition) is 1. The van der Waals surface area contributed by atoms with Gasteiger partial charge in [-0.1, -0.05) is 12.1 Å². The van der Waals surface area contributed by atoms with Crippen LogP contribution in [0.25, 0.3) is 22.2 Å². The minimum absolute atomic E-state index is 0.0647. The Morgan fingerprint density at radius 2 is 2.00 bits per heavy atom. The topological polar surface area (TPSA) is 94.1 Å². The fourth-order valence-electron chi connectivity index (χ4n) is 5.18. The average Bonchev–Trinajstić information content (AvgIpc) is 3.53. The van der Waals surface area contributed by atoms with Crippen LogP contribution in [0.3, 0.4) is 0 Å². The molecule has 0 aliphatic heterocycles. The van der Waals surface area contributed by atoms with Crippen molar-refractivity contribution in [1.82, 2.24) is 14.3 Å². The third-order valence-corrected chi connectivity index (χ3v) is 7.66. The Bertz CT molecular complexity index is 1480. The summed E-state index contributed by atoms with van der Waals surface area (Å²) >= 11 is 0. The van der Waals surface area contributed by atoms with E-state index in [0.717, 1.165) is 53.6 Å². The van der Waals surface area contributed by atoms with Gasteiger partial charge in [0.2, 0.25) is 0 Å². The molecule has 6 rings (SSSR count). The maximum absolute atomic E-state index is 12.3. The van der Waals surface area contributed by atoms with Crippen LogP contribution in [0.1, 0.15) is 50.6 Å². The minimum atomic E-state index is -0.432. The quantitative estimate of drug-likeness (QED) is 0.277. The van der Waals surface area contributed by atoms with Crippen molar-refractivity contribution < 1.29 is 14.3 Å². The highest BCUT2D eigenvalue weighted by atomic mass is 16.6. The van der Waals surface area contributed by atoms with Crippen molar-refractivity contribution >= 4 is 22.7 Å². The molecule has 1 atom stereocenters. The van der Waals surface area contributed by atoms with E-state index in [1.807, 2.05) is 60.3 Å². The molecule has 2 saturated carbocycles. The van der Waals surface area contributed by atoms with Crippen molar-refractivity contribution in [1.29, 1.82) is 5.26 Å². The first-order chi connectivity index (χ1) is 18.6. The summed E-state index contributed by atoms with van der Waals surface area (Å²) in [5.41, 5.74) is 4.20. The Balaban J connectivity index is 1.27. The van der Waals surface area contributed by atoms with Crippen molar-refractivity contribution in [2.45, 2.75) is 57.7 Å². The molecular weight excluding hydrogens is 478 g/mol. The molecule has 194 valence electrons. The van der Waals surface area contributed by atoms with E-state index in [1.165, 1.54) is 6.42 Å². The molecule has 4 aromatic rings. The Labute approximate surface area is 221 Å². The first kappa shape index (κ1) is 24.1. The van der Waals surface area contributed by atoms with E-state index in [0.29, 0.717) is 36.4 Å². The third-order valence-electron chi connectivity index (χ3n) is 7.66. The van der Waals surface area contributed by atoms with Crippen molar-refractivity contribution in [3.05, 3.63) is 66.5 Å². The highest BCUT2D eigenvalue weighted by Crippen LogP contribution is 2.43. The molecule has 38 heavy (non-hydrogen) atoms. The second-order valence-corrected chi connectivity index (χ2v) is 10.2. The van der Waals surface area contributed by atoms with E-state index in [2.05, 4.69) is 27.1 Å². The molecule has 2 fully saturated rings. The average molecular weight is 510 g/mol. The number of benzene rings is 2. The second kappa shape index (κ2) is 10.3. The summed E-state index contributed by atoms with van der Waals surface area (Å²) in [6.45, 7) is 3.08. The Kier molecular flexibility index (Phi) is 6.50. The molecule has 0 unspecified atom stereocenters. The van der Waals surface area contributed by atoms with E-state index in [-0.39, 0.29) is 6.10 Å². The lowest BCUT2D eigenvalue weighted by Gasteiger charge is -2.30. The highest BCUT2D eigenvalue weighted by molar-refractivity contribution is 5.96. The maximum Gasteiger partial charge on any atom is 0.411 e. The Hall–Kier alpha value is -4.25. The molecule has 1 N–H and O–H groups in total. The number of aromatic nitrogens is 3. The number of hydrogen-bond acceptors (Lipinski definition) is 5. The van der Waals surface area contributed by atoms with Gasteiger partial charge in [0.15, 0.2) is 0 Å². The molecular formula is C30H31N5O3. The molecule has 0 radical (unpaired) electrons. The number of carbonyl (C=O) groups excluding carboxylic acids is 1. The van der Waals surface area contributed by atoms with Gasteiger partial charge in [0.1, 0.15) is 24.5 Å². The Morgan fingerprint density at radius 3 is 2.66 bits per heavy atom. The van der Waals surface area contributed by atoms with Gasteiger partial charge in [0.05, 0.1) is 23.3 Å². The van der Waals surface area contributed by atoms with Crippen molar-refractivity contribution in [2.24, 2.45) is 5.92 Å². The molecule has 2 aliphatic rings. The number of ether oxygens (including phenoxy) is 2. The molecule has 2 aromatic heterocycles. The zero-order valence-corrected chi connectivity index (χ0v) is 21.5. The summed E-state index contributed by atoms with van der Waals surface area (Å²) in [5.74, 6) is 1.22. The van der Waals surface area contributed by atoms with Crippen LogP contribution in [0.5, 0.6) is 5.75 Å². The van der Waals surface area contributed by atoms with Gasteiger partial charge in [-0.3, -0.25) is 10.00 Å². The SMILES string of the molecule is C[C@@H](OC(=O)Nc1ccc(-c2c(C#N)c3cc(OCCn4cccn4)ccc3n2C2CCC2)cc1)C1CC1. The van der Waals surface area contributed by atoms with Gasteiger partial charge in [-0.05, 0) is 86.9 Å². The van der Waals surface area contributed by atoms with Gasteiger partial charge in [0, 0.05) is 29.5 Å². The normalized spacial score (nSPS) is 16.0. The van der Waals surface area contributed by atoms with Crippen molar-refractivity contribution in [3.63, 3.8) is 0 Å². The standard InChI is InChI=1S/C30H31N5O3/c1-20(21-6-7-21)38-30(36)33-23-10-8-22(9-11-23)29-27(19-31)26-18-25(37-17-16-34-15-3-14-32-34)12-13-28(26)35(29)24-4-2-5-24/h3,8-15,18,20-21,24H,2,4-7,16-17H2,1H3,(H,33,36)/t20-/m1/s1. The lowest BCUT2D eigenvalue weighted by Crippen LogP contribution is -2.21. The molecule has 2 aromatic carbocycles. The molecule has 1 amide bonds. The zero-order valence-electron chi connectivity index (χ0n) is 21.5. The molecule has 8 heteroatoms. The zero-order chi connectivity index (χ0) is 26.1. The van der Waals surface area contributed by atoms with E-state index in [4.69, 9.17) is 9.47 Å². The lowest BCUT2D eigenvalue weighted by atomic mass is 9.92. The van der Waals surface area contributed by atoms with E-state index < -0.39 is 6.09 Å². The predicted octanol–water partition coefficient (Wildman–Crippen LogP) is 6.53. The summed E-state index contributed by atoms with van der Waals surface area (Å²) in [6, 6.07) is 18.4. The molecule has 0 spiro atoms. The summed E-state index contributed by atoms with van der Waals surface area (Å²) < 4.78 is 15.6. The van der Waals surface area contributed by atoms with Crippen molar-refractivity contribution in [3.8, 4) is 23.1 Å². The number of amides is 1. The number of nitrogens with one attached hydrogen (secondary N) is 1. The number of nitriles is 1. The highest BCUT2D eigenvalue weighted by Gasteiger charge is 2.31. The van der Waals surface area contributed by atoms with Crippen LogP contribution in [0.2, 0.25) is 0 Å². The van der Waals surface area contributed by atoms with Crippen molar-refractivity contribution in [2.75, 3.05) is 11.9 Å². The van der Waals surface area contributed by atoms with Gasteiger partial charge in [-0.15, -0.1) is 0 Å². The number of carbonyl (C=O) groups is 1. The molecule has 0 bridgehead atoms. The van der Waals surface area contributed by atoms with E-state index >= 15 is 0 Å². The van der Waals surface area contributed by atoms with Crippen LogP contribution in [0.4, 0.5) is 10.5 Å². The fraction of sp³-hybridized carbons (Fsp3) is 0.367. The predicted molar refractivity (Wildman–Crippen MR) is 145 cm³/mol. The van der Waals surface area contributed by atoms with Gasteiger partial charge in [-0.25, -0.2) is 4.79 Å². The van der Waals surface area contributed by atoms with E-state index in [9.17, 15) is 10.1 Å². The lowest BCUT2D eigenvalue weighted by molar-refractivity contribution is 0.108. The van der Waals surface area contributed by atoms with Crippen LogP contribution in [-0.4, -0.2) is 33.2 Å². The first-order valence-electron chi connectivity index (χ1n) is 13.4. The van der Waals surface area contributed by atoms with Gasteiger partial charge >= 0.3 is 6.09 Å². The van der Waals surface area contributed by atoms with Gasteiger partial charge in [0.25, 0.3) is 0 Å². The summed E-state index contributed by atoms with van der Waals surface area (Å²) in [7, 11) is 0. The molecule has 8 nitrogen and oxygen atoms in total. The summed E-state index contributed by atoms with van der Waals surface area (Å²) in [6.07, 6.45) is 8.77. The van der Waals surface area contributed by atoms with Crippen LogP contribution < -0.4 is 10.1 Å². The summed E-state index contributed by atoms with van der Waals surface area (Å²) in [4.78, 5) is 12.3. The summed E-state index contributed by atoms with van der Waals surface area (Å²) in [5, 5.41) is 18.2. The van der Waals surface area contributed by atoms with Crippen LogP contribution in [0.15, 0.2) is 60.9 Å².